The average Bonchev–Trinajstić information content (AvgIpc) is 2.84. The zero-order valence-electron chi connectivity index (χ0n) is 19.2. The van der Waals surface area contributed by atoms with Crippen LogP contribution in [0.5, 0.6) is 0 Å². The molecule has 2 N–H and O–H groups in total. The third kappa shape index (κ3) is 4.38. The van der Waals surface area contributed by atoms with E-state index < -0.39 is 23.2 Å². The number of nitrogens with zero attached hydrogens (tertiary/aromatic N) is 5. The quantitative estimate of drug-likeness (QED) is 0.573. The molecule has 2 aromatic heterocycles. The molecule has 1 aliphatic rings. The molecule has 3 heterocycles. The number of alkyl halides is 1. The summed E-state index contributed by atoms with van der Waals surface area (Å²) in [6.07, 6.45) is 1.48. The van der Waals surface area contributed by atoms with Gasteiger partial charge in [-0.1, -0.05) is 12.1 Å². The first-order valence-corrected chi connectivity index (χ1v) is 11.1. The van der Waals surface area contributed by atoms with Crippen LogP contribution in [0.4, 0.5) is 15.9 Å². The Labute approximate surface area is 200 Å². The standard InChI is InChI=1S/C25H23FN6O3/c1-15-11-18(16(2)29-20-6-4-3-5-17(20)24(34)35)22-30-21(19(12-27)23(33)32(22)13-15)31-9-7-25(26,14-28)8-10-31/h3-6,11,13,16,29H,7-10H2,1-2H3,(H,34,35)/t16-/m1/s1. The van der Waals surface area contributed by atoms with Crippen molar-refractivity contribution in [3.8, 4) is 12.1 Å². The maximum atomic E-state index is 14.4. The maximum Gasteiger partial charge on any atom is 0.337 e. The van der Waals surface area contributed by atoms with Gasteiger partial charge in [0.05, 0.1) is 11.6 Å². The number of nitrogens with one attached hydrogen (secondary N) is 1. The average molecular weight is 474 g/mol. The van der Waals surface area contributed by atoms with Crippen LogP contribution >= 0.6 is 0 Å². The molecule has 9 nitrogen and oxygen atoms in total. The number of carbonyl (C=O) groups is 1. The molecule has 0 aliphatic carbocycles. The molecule has 178 valence electrons. The van der Waals surface area contributed by atoms with Gasteiger partial charge in [-0.25, -0.2) is 14.2 Å². The summed E-state index contributed by atoms with van der Waals surface area (Å²) in [5.41, 5.74) is -0.436. The Bertz CT molecular complexity index is 1460. The van der Waals surface area contributed by atoms with Crippen LogP contribution in [-0.4, -0.2) is 39.2 Å². The number of anilines is 2. The van der Waals surface area contributed by atoms with E-state index in [4.69, 9.17) is 5.26 Å². The van der Waals surface area contributed by atoms with E-state index >= 15 is 0 Å². The van der Waals surface area contributed by atoms with Crippen LogP contribution in [0.3, 0.4) is 0 Å². The number of halogens is 1. The van der Waals surface area contributed by atoms with Crippen molar-refractivity contribution in [2.24, 2.45) is 0 Å². The number of aryl methyl sites for hydroxylation is 1. The van der Waals surface area contributed by atoms with E-state index in [9.17, 15) is 24.3 Å². The number of rotatable bonds is 5. The Hall–Kier alpha value is -4.44. The Morgan fingerprint density at radius 2 is 1.97 bits per heavy atom. The number of carboxylic acid groups (broad SMARTS) is 1. The van der Waals surface area contributed by atoms with Crippen LogP contribution in [-0.2, 0) is 0 Å². The first-order chi connectivity index (χ1) is 16.7. The minimum atomic E-state index is -1.94. The highest BCUT2D eigenvalue weighted by Gasteiger charge is 2.36. The molecule has 4 rings (SSSR count). The van der Waals surface area contributed by atoms with Gasteiger partial charge in [0.2, 0.25) is 0 Å². The first kappa shape index (κ1) is 23.7. The second-order valence-electron chi connectivity index (χ2n) is 8.67. The van der Waals surface area contributed by atoms with Crippen molar-refractivity contribution in [3.05, 3.63) is 69.1 Å². The summed E-state index contributed by atoms with van der Waals surface area (Å²) in [4.78, 5) is 31.2. The summed E-state index contributed by atoms with van der Waals surface area (Å²) in [6, 6.07) is 11.5. The zero-order chi connectivity index (χ0) is 25.3. The summed E-state index contributed by atoms with van der Waals surface area (Å²) in [6.45, 7) is 3.91. The van der Waals surface area contributed by atoms with Gasteiger partial charge in [-0.2, -0.15) is 10.5 Å². The summed E-state index contributed by atoms with van der Waals surface area (Å²) in [5, 5.41) is 31.5. The molecule has 1 aliphatic heterocycles. The molecule has 0 unspecified atom stereocenters. The highest BCUT2D eigenvalue weighted by molar-refractivity contribution is 5.94. The lowest BCUT2D eigenvalue weighted by atomic mass is 9.95. The number of aromatic nitrogens is 2. The van der Waals surface area contributed by atoms with Crippen LogP contribution < -0.4 is 15.8 Å². The Morgan fingerprint density at radius 3 is 2.60 bits per heavy atom. The van der Waals surface area contributed by atoms with Crippen LogP contribution in [0.25, 0.3) is 5.65 Å². The Morgan fingerprint density at radius 1 is 1.29 bits per heavy atom. The van der Waals surface area contributed by atoms with E-state index in [0.717, 1.165) is 5.56 Å². The lowest BCUT2D eigenvalue weighted by Crippen LogP contribution is -2.42. The van der Waals surface area contributed by atoms with Gasteiger partial charge in [-0.3, -0.25) is 9.20 Å². The third-order valence-corrected chi connectivity index (χ3v) is 6.23. The fourth-order valence-electron chi connectivity index (χ4n) is 4.33. The number of para-hydroxylation sites is 1. The highest BCUT2D eigenvalue weighted by atomic mass is 19.1. The fourth-order valence-corrected chi connectivity index (χ4v) is 4.33. The SMILES string of the molecule is Cc1cc([C@@H](C)Nc2ccccc2C(=O)O)c2nc(N3CCC(F)(C#N)CC3)c(C#N)c(=O)n2c1. The number of carboxylic acids is 1. The van der Waals surface area contributed by atoms with Gasteiger partial charge in [0.15, 0.2) is 17.1 Å². The molecule has 0 spiro atoms. The van der Waals surface area contributed by atoms with E-state index in [-0.39, 0.29) is 42.9 Å². The van der Waals surface area contributed by atoms with E-state index in [1.165, 1.54) is 10.5 Å². The van der Waals surface area contributed by atoms with E-state index in [2.05, 4.69) is 10.3 Å². The molecule has 35 heavy (non-hydrogen) atoms. The monoisotopic (exact) mass is 474 g/mol. The van der Waals surface area contributed by atoms with Crippen LogP contribution in [0.15, 0.2) is 41.3 Å². The van der Waals surface area contributed by atoms with Crippen molar-refractivity contribution in [2.45, 2.75) is 38.4 Å². The van der Waals surface area contributed by atoms with Gasteiger partial charge in [-0.15, -0.1) is 0 Å². The van der Waals surface area contributed by atoms with E-state index in [0.29, 0.717) is 16.9 Å². The predicted octanol–water partition coefficient (Wildman–Crippen LogP) is 3.58. The van der Waals surface area contributed by atoms with Gasteiger partial charge in [0, 0.05) is 43.4 Å². The van der Waals surface area contributed by atoms with Crippen molar-refractivity contribution in [2.75, 3.05) is 23.3 Å². The Balaban J connectivity index is 1.82. The molecule has 1 aromatic carbocycles. The second kappa shape index (κ2) is 9.07. The summed E-state index contributed by atoms with van der Waals surface area (Å²) >= 11 is 0. The molecular formula is C25H23FN6O3. The molecule has 0 saturated carbocycles. The third-order valence-electron chi connectivity index (χ3n) is 6.23. The second-order valence-corrected chi connectivity index (χ2v) is 8.67. The molecular weight excluding hydrogens is 451 g/mol. The molecule has 1 fully saturated rings. The Kier molecular flexibility index (Phi) is 6.14. The topological polar surface area (TPSA) is 135 Å². The van der Waals surface area contributed by atoms with Gasteiger partial charge in [0.25, 0.3) is 5.56 Å². The van der Waals surface area contributed by atoms with Gasteiger partial charge in [0.1, 0.15) is 17.8 Å². The van der Waals surface area contributed by atoms with Crippen molar-refractivity contribution in [1.82, 2.24) is 9.38 Å². The lowest BCUT2D eigenvalue weighted by Gasteiger charge is -2.33. The van der Waals surface area contributed by atoms with Crippen molar-refractivity contribution in [3.63, 3.8) is 0 Å². The summed E-state index contributed by atoms with van der Waals surface area (Å²) < 4.78 is 15.7. The number of pyridine rings is 1. The van der Waals surface area contributed by atoms with Crippen LogP contribution in [0.1, 0.15) is 52.9 Å². The number of hydrogen-bond acceptors (Lipinski definition) is 7. The van der Waals surface area contributed by atoms with Crippen molar-refractivity contribution in [1.29, 1.82) is 10.5 Å². The first-order valence-electron chi connectivity index (χ1n) is 11.1. The molecule has 0 bridgehead atoms. The van der Waals surface area contributed by atoms with Gasteiger partial charge >= 0.3 is 5.97 Å². The number of hydrogen-bond donors (Lipinski definition) is 2. The highest BCUT2D eigenvalue weighted by Crippen LogP contribution is 2.31. The van der Waals surface area contributed by atoms with Crippen LogP contribution in [0, 0.1) is 29.6 Å². The maximum absolute atomic E-state index is 14.4. The zero-order valence-corrected chi connectivity index (χ0v) is 19.2. The van der Waals surface area contributed by atoms with Crippen LogP contribution in [0.2, 0.25) is 0 Å². The van der Waals surface area contributed by atoms with Crippen molar-refractivity contribution < 1.29 is 14.3 Å². The molecule has 10 heteroatoms. The minimum absolute atomic E-state index is 0.0555. The number of nitriles is 2. The normalized spacial score (nSPS) is 15.7. The minimum Gasteiger partial charge on any atom is -0.478 e. The molecule has 0 amide bonds. The lowest BCUT2D eigenvalue weighted by molar-refractivity contribution is 0.0698. The molecule has 0 radical (unpaired) electrons. The number of benzene rings is 1. The van der Waals surface area contributed by atoms with Crippen molar-refractivity contribution >= 4 is 23.1 Å². The summed E-state index contributed by atoms with van der Waals surface area (Å²) in [7, 11) is 0. The van der Waals surface area contributed by atoms with E-state index in [1.807, 2.05) is 19.1 Å². The van der Waals surface area contributed by atoms with Gasteiger partial charge < -0.3 is 15.3 Å². The molecule has 1 saturated heterocycles. The number of aromatic carboxylic acids is 1. The largest absolute Gasteiger partial charge is 0.478 e. The predicted molar refractivity (Wildman–Crippen MR) is 127 cm³/mol. The fraction of sp³-hybridized carbons (Fsp3) is 0.320. The molecule has 3 aromatic rings. The van der Waals surface area contributed by atoms with E-state index in [1.54, 1.807) is 42.3 Å². The van der Waals surface area contributed by atoms with Gasteiger partial charge in [-0.05, 0) is 37.6 Å². The number of piperidine rings is 1. The smallest absolute Gasteiger partial charge is 0.337 e. The summed E-state index contributed by atoms with van der Waals surface area (Å²) in [5.74, 6) is -0.920. The molecule has 1 atom stereocenters. The number of fused-ring (bicyclic) bond motifs is 1.